The van der Waals surface area contributed by atoms with Gasteiger partial charge < -0.3 is 0 Å². The summed E-state index contributed by atoms with van der Waals surface area (Å²) in [6, 6.07) is 0. The van der Waals surface area contributed by atoms with Gasteiger partial charge >= 0.3 is 59.1 Å². The predicted molar refractivity (Wildman–Crippen MR) is 17.1 cm³/mol. The van der Waals surface area contributed by atoms with Gasteiger partial charge in [-0.3, -0.25) is 0 Å². The Kier molecular flexibility index (Phi) is 1.06. The molecule has 0 aromatic heterocycles. The van der Waals surface area contributed by atoms with E-state index >= 15 is 0 Å². The minimum atomic E-state index is 0.802. The van der Waals surface area contributed by atoms with Crippen molar-refractivity contribution in [1.29, 1.82) is 0 Å². The van der Waals surface area contributed by atoms with Crippen LogP contribution in [-0.4, -0.2) is 10.3 Å². The first-order valence-electron chi connectivity index (χ1n) is 2.16. The fraction of sp³-hybridized carbons (Fsp3) is 1.00. The summed E-state index contributed by atoms with van der Waals surface area (Å²) >= 11 is 1.65. The van der Waals surface area contributed by atoms with E-state index in [1.807, 2.05) is 0 Å². The summed E-state index contributed by atoms with van der Waals surface area (Å²) in [7, 11) is 0. The van der Waals surface area contributed by atoms with Gasteiger partial charge in [-0.15, -0.1) is 0 Å². The van der Waals surface area contributed by atoms with Crippen LogP contribution in [0.3, 0.4) is 0 Å². The van der Waals surface area contributed by atoms with E-state index in [-0.39, 0.29) is 0 Å². The molecule has 38 valence electrons. The number of alkyl halides is 4. The topological polar surface area (TPSA) is 0 Å². The molecule has 0 aromatic rings. The molecule has 2 heterocycles. The summed E-state index contributed by atoms with van der Waals surface area (Å²) in [5, 5.41) is 0. The molecule has 0 aliphatic carbocycles. The molecule has 2 aliphatic rings. The molecule has 0 radical (unpaired) electrons. The van der Waals surface area contributed by atoms with Crippen molar-refractivity contribution in [3.63, 3.8) is 0 Å². The monoisotopic (exact) mass is 308 g/mol. The standard InChI is InChI=1S/C4H6I2/c1-2-5-4-3(1)6-4/h3-4H,1-2H2/q-2. The van der Waals surface area contributed by atoms with Gasteiger partial charge in [0.15, 0.2) is 0 Å². The summed E-state index contributed by atoms with van der Waals surface area (Å²) in [5.41, 5.74) is 0. The van der Waals surface area contributed by atoms with Crippen molar-refractivity contribution in [1.82, 2.24) is 0 Å². The SMILES string of the molecule is C1CC2[I-]C2[I-]1. The minimum absolute atomic E-state index is 0.802. The number of rotatable bonds is 0. The predicted octanol–water partition coefficient (Wildman–Crippen LogP) is -5.72. The van der Waals surface area contributed by atoms with E-state index in [1.54, 1.807) is 10.8 Å². The van der Waals surface area contributed by atoms with Crippen molar-refractivity contribution in [2.24, 2.45) is 0 Å². The van der Waals surface area contributed by atoms with Gasteiger partial charge in [-0.05, 0) is 0 Å². The summed E-state index contributed by atoms with van der Waals surface area (Å²) < 4.78 is 4.48. The molecule has 0 spiro atoms. The van der Waals surface area contributed by atoms with E-state index < -0.39 is 0 Å². The molecule has 0 N–H and O–H groups in total. The van der Waals surface area contributed by atoms with Crippen LogP contribution in [0.25, 0.3) is 0 Å². The first-order chi connectivity index (χ1) is 2.97. The molecule has 0 amide bonds. The number of hydrogen-bond donors (Lipinski definition) is 0. The van der Waals surface area contributed by atoms with E-state index in [2.05, 4.69) is 0 Å². The van der Waals surface area contributed by atoms with Crippen LogP contribution < -0.4 is 42.4 Å². The Morgan fingerprint density at radius 2 is 2.50 bits per heavy atom. The third-order valence-electron chi connectivity index (χ3n) is 1.13. The molecule has 0 nitrogen and oxygen atoms in total. The van der Waals surface area contributed by atoms with E-state index in [1.165, 1.54) is 5.86 Å². The Balaban J connectivity index is 2.09. The molecule has 2 fully saturated rings. The second-order valence-corrected chi connectivity index (χ2v) is 11.0. The molecule has 2 saturated heterocycles. The number of hydrogen-bond acceptors (Lipinski definition) is 0. The third kappa shape index (κ3) is 0.599. The molecule has 2 heteroatoms. The average molecular weight is 308 g/mol. The van der Waals surface area contributed by atoms with E-state index in [0.29, 0.717) is 0 Å². The van der Waals surface area contributed by atoms with Gasteiger partial charge in [0, 0.05) is 0 Å². The summed E-state index contributed by atoms with van der Waals surface area (Å²) in [5.74, 6) is 0. The first kappa shape index (κ1) is 4.35. The van der Waals surface area contributed by atoms with Gasteiger partial charge in [-0.1, -0.05) is 0 Å². The molecule has 2 unspecified atom stereocenters. The number of halogens is 2. The Bertz CT molecular complexity index is 63.9. The van der Waals surface area contributed by atoms with Crippen LogP contribution in [0.2, 0.25) is 0 Å². The maximum absolute atomic E-state index is 1.67. The Labute approximate surface area is 58.6 Å². The zero-order valence-corrected chi connectivity index (χ0v) is 7.64. The molecule has 2 aliphatic heterocycles. The molecule has 0 saturated carbocycles. The van der Waals surface area contributed by atoms with Crippen molar-refractivity contribution in [2.45, 2.75) is 12.3 Å². The molecule has 0 bridgehead atoms. The fourth-order valence-corrected chi connectivity index (χ4v) is 12.8. The van der Waals surface area contributed by atoms with Crippen LogP contribution in [0.5, 0.6) is 0 Å². The van der Waals surface area contributed by atoms with Crippen LogP contribution in [0.4, 0.5) is 0 Å². The molecule has 2 atom stereocenters. The van der Waals surface area contributed by atoms with Crippen molar-refractivity contribution in [3.05, 3.63) is 0 Å². The second kappa shape index (κ2) is 1.47. The second-order valence-electron chi connectivity index (χ2n) is 1.61. The zero-order valence-electron chi connectivity index (χ0n) is 3.32. The van der Waals surface area contributed by atoms with Gasteiger partial charge in [-0.2, -0.15) is 0 Å². The van der Waals surface area contributed by atoms with Gasteiger partial charge in [0.1, 0.15) is 0 Å². The average Bonchev–Trinajstić information content (AvgIpc) is 2.17. The summed E-state index contributed by atoms with van der Waals surface area (Å²) in [6.07, 6.45) is 1.66. The molecule has 0 aromatic carbocycles. The Morgan fingerprint density at radius 3 is 2.67 bits per heavy atom. The third-order valence-corrected chi connectivity index (χ3v) is 12.5. The normalized spacial score (nSPS) is 54.7. The van der Waals surface area contributed by atoms with Gasteiger partial charge in [0.25, 0.3) is 0 Å². The van der Waals surface area contributed by atoms with Crippen molar-refractivity contribution >= 4 is 0 Å². The molecule has 2 rings (SSSR count). The summed E-state index contributed by atoms with van der Waals surface area (Å²) in [6.45, 7) is 0. The van der Waals surface area contributed by atoms with Gasteiger partial charge in [0.05, 0.1) is 0 Å². The Hall–Kier alpha value is 1.46. The van der Waals surface area contributed by atoms with Crippen molar-refractivity contribution in [2.75, 3.05) is 4.43 Å². The van der Waals surface area contributed by atoms with Crippen LogP contribution in [-0.2, 0) is 0 Å². The van der Waals surface area contributed by atoms with Crippen molar-refractivity contribution < 1.29 is 42.4 Å². The summed E-state index contributed by atoms with van der Waals surface area (Å²) in [4.78, 5) is 0. The van der Waals surface area contributed by atoms with Crippen LogP contribution in [0.1, 0.15) is 6.42 Å². The van der Waals surface area contributed by atoms with Crippen LogP contribution in [0.15, 0.2) is 0 Å². The van der Waals surface area contributed by atoms with E-state index in [9.17, 15) is 0 Å². The van der Waals surface area contributed by atoms with Crippen molar-refractivity contribution in [3.8, 4) is 0 Å². The van der Waals surface area contributed by atoms with E-state index in [4.69, 9.17) is 0 Å². The zero-order chi connectivity index (χ0) is 3.98. The van der Waals surface area contributed by atoms with Gasteiger partial charge in [-0.25, -0.2) is 0 Å². The molecular weight excluding hydrogens is 302 g/mol. The molecule has 6 heavy (non-hydrogen) atoms. The first-order valence-corrected chi connectivity index (χ1v) is 7.43. The number of fused-ring (bicyclic) bond motifs is 1. The van der Waals surface area contributed by atoms with Crippen LogP contribution >= 0.6 is 0 Å². The van der Waals surface area contributed by atoms with Crippen LogP contribution in [0, 0.1) is 0 Å². The maximum atomic E-state index is 1.67. The quantitative estimate of drug-likeness (QED) is 0.309. The van der Waals surface area contributed by atoms with Gasteiger partial charge in [0.2, 0.25) is 0 Å². The Morgan fingerprint density at radius 1 is 1.50 bits per heavy atom. The molecular formula is C4H6I2-2. The van der Waals surface area contributed by atoms with E-state index in [0.717, 1.165) is 42.4 Å². The fourth-order valence-electron chi connectivity index (χ4n) is 0.703.